The maximum atomic E-state index is 2.58. The van der Waals surface area contributed by atoms with Crippen molar-refractivity contribution in [2.24, 2.45) is 0 Å². The van der Waals surface area contributed by atoms with Crippen LogP contribution in [0.15, 0.2) is 49.6 Å². The van der Waals surface area contributed by atoms with Crippen molar-refractivity contribution in [3.8, 4) is 0 Å². The van der Waals surface area contributed by atoms with Crippen LogP contribution in [-0.2, 0) is 0 Å². The monoisotopic (exact) mass is 2530 g/mol. The van der Waals surface area contributed by atoms with Crippen LogP contribution in [0.25, 0.3) is 0 Å². The van der Waals surface area contributed by atoms with Gasteiger partial charge in [-0.1, -0.05) is 51.4 Å². The zero-order chi connectivity index (χ0) is 56.8. The number of hydrogen-bond acceptors (Lipinski definition) is 0. The Morgan fingerprint density at radius 2 is 0.375 bits per heavy atom. The second-order valence-corrected chi connectivity index (χ2v) is 92.5. The summed E-state index contributed by atoms with van der Waals surface area (Å²) in [5.41, 5.74) is 0. The Morgan fingerprint density at radius 1 is 0.237 bits per heavy atom. The summed E-state index contributed by atoms with van der Waals surface area (Å²) in [7, 11) is 5.77. The van der Waals surface area contributed by atoms with Crippen molar-refractivity contribution >= 4 is 183 Å². The van der Waals surface area contributed by atoms with Crippen molar-refractivity contribution in [2.75, 3.05) is 0 Å². The van der Waals surface area contributed by atoms with Crippen LogP contribution in [0.4, 0.5) is 0 Å². The van der Waals surface area contributed by atoms with Gasteiger partial charge in [-0.25, -0.2) is 34.6 Å². The molecule has 0 aromatic carbocycles. The van der Waals surface area contributed by atoms with E-state index in [9.17, 15) is 0 Å². The van der Waals surface area contributed by atoms with Gasteiger partial charge in [0.2, 0.25) is 0 Å². The molecular weight excluding hydrogens is 2430 g/mol. The Bertz CT molecular complexity index is 1660. The summed E-state index contributed by atoms with van der Waals surface area (Å²) >= 11 is 21.2. The van der Waals surface area contributed by atoms with E-state index in [1.807, 2.05) is 0 Å². The zero-order valence-electron chi connectivity index (χ0n) is 47.4. The van der Waals surface area contributed by atoms with E-state index in [-0.39, 0.29) is 0 Å². The largest absolute Gasteiger partial charge is 0.346 e. The summed E-state index contributed by atoms with van der Waals surface area (Å²) in [4.78, 5) is 0. The van der Waals surface area contributed by atoms with Gasteiger partial charge in [-0.2, -0.15) is 0 Å². The molecular formula is C56H96I12N8P4. The number of nitrogens with zero attached hydrogens (tertiary/aromatic N) is 8. The molecule has 4 aromatic rings. The van der Waals surface area contributed by atoms with Gasteiger partial charge in [0.05, 0.1) is 0 Å². The Balaban J connectivity index is 0.000000183. The normalized spacial score (nSPS) is 21.9. The zero-order valence-corrected chi connectivity index (χ0v) is 76.9. The smallest absolute Gasteiger partial charge is 0.212 e. The van der Waals surface area contributed by atoms with E-state index in [0.717, 1.165) is 48.3 Å². The molecule has 12 rings (SSSR count). The first kappa shape index (κ1) is 78.0. The van der Waals surface area contributed by atoms with Crippen molar-refractivity contribution < 1.29 is 70.3 Å². The minimum absolute atomic E-state index is 0.530. The van der Waals surface area contributed by atoms with Gasteiger partial charge in [0.25, 0.3) is 0 Å². The summed E-state index contributed by atoms with van der Waals surface area (Å²) in [6, 6.07) is 6.63. The van der Waals surface area contributed by atoms with Crippen molar-refractivity contribution in [3.05, 3.63) is 49.6 Å². The van der Waals surface area contributed by atoms with E-state index >= 15 is 0 Å². The molecule has 24 heteroatoms. The standard InChI is InChI=1S/4C14H24N2P.4I3/c4*1-3-7-13(8-4-1)15-11-12-16(17-15)14-9-5-2-6-10-14;4*1-3-2/h4*11-14H,1-10H2;;;;/q4*+1;4*-1. The molecule has 8 saturated carbocycles. The fourth-order valence-corrected chi connectivity index (χ4v) is 18.5. The van der Waals surface area contributed by atoms with Gasteiger partial charge in [0.1, 0.15) is 97.9 Å². The van der Waals surface area contributed by atoms with Gasteiger partial charge in [-0.05, 0) is 205 Å². The molecule has 8 aliphatic carbocycles. The van der Waals surface area contributed by atoms with Crippen molar-refractivity contribution in [1.82, 2.24) is 17.3 Å². The van der Waals surface area contributed by atoms with Crippen LogP contribution in [0.1, 0.15) is 305 Å². The molecule has 464 valence electrons. The van der Waals surface area contributed by atoms with Crippen LogP contribution < -0.4 is 70.3 Å². The van der Waals surface area contributed by atoms with Crippen LogP contribution in [0.2, 0.25) is 0 Å². The molecule has 80 heavy (non-hydrogen) atoms. The van der Waals surface area contributed by atoms with E-state index in [0.29, 0.717) is 53.0 Å². The Morgan fingerprint density at radius 3 is 0.525 bits per heavy atom. The second-order valence-electron chi connectivity index (χ2n) is 23.1. The molecule has 0 aliphatic heterocycles. The maximum Gasteiger partial charge on any atom is 0.346 e. The van der Waals surface area contributed by atoms with Gasteiger partial charge in [0, 0.05) is 0 Å². The quantitative estimate of drug-likeness (QED) is 0.158. The van der Waals surface area contributed by atoms with E-state index < -0.39 is 0 Å². The maximum absolute atomic E-state index is 2.58. The molecule has 0 bridgehead atoms. The Kier molecular flexibility index (Phi) is 49.5. The molecule has 0 radical (unpaired) electrons. The molecule has 8 nitrogen and oxygen atoms in total. The average Bonchev–Trinajstić information content (AvgIpc) is 4.41. The van der Waals surface area contributed by atoms with Crippen LogP contribution in [-0.4, -0.2) is 17.3 Å². The van der Waals surface area contributed by atoms with E-state index in [1.165, 1.54) is 291 Å². The van der Waals surface area contributed by atoms with Gasteiger partial charge in [0.15, 0.2) is 0 Å². The molecule has 0 atom stereocenters. The van der Waals surface area contributed by atoms with Crippen molar-refractivity contribution in [3.63, 3.8) is 0 Å². The van der Waals surface area contributed by atoms with Crippen molar-refractivity contribution in [1.29, 1.82) is 0 Å². The SMILES string of the molecule is I[I-]I.I[I-]I.I[I-]I.I[I-]I.c1c[n+](C2CCCCC2)pn1C1CCCCC1.c1c[n+](C2CCCCC2)pn1C1CCCCC1.c1c[n+](C2CCCCC2)pn1C1CCCCC1.c1c[n+](C2CCCCC2)pn1C1CCCCC1. The summed E-state index contributed by atoms with van der Waals surface area (Å²) in [6.07, 6.45) is 76.1. The molecule has 0 unspecified atom stereocenters. The second kappa shape index (κ2) is 50.7. The average molecular weight is 2530 g/mol. The van der Waals surface area contributed by atoms with Gasteiger partial charge >= 0.3 is 236 Å². The first-order chi connectivity index (χ1) is 39.4. The van der Waals surface area contributed by atoms with Crippen molar-refractivity contribution in [2.45, 2.75) is 305 Å². The predicted octanol–water partition coefficient (Wildman–Crippen LogP) is 12.6. The third-order valence-corrected chi connectivity index (χ3v) is 23.2. The van der Waals surface area contributed by atoms with Crippen LogP contribution >= 0.6 is 183 Å². The topological polar surface area (TPSA) is 35.2 Å². The van der Waals surface area contributed by atoms with E-state index in [4.69, 9.17) is 0 Å². The summed E-state index contributed by atoms with van der Waals surface area (Å²) in [6.45, 7) is 0. The predicted molar refractivity (Wildman–Crippen MR) is 398 cm³/mol. The van der Waals surface area contributed by atoms with E-state index in [2.05, 4.69) is 233 Å². The van der Waals surface area contributed by atoms with Crippen LogP contribution in [0.5, 0.6) is 0 Å². The Labute approximate surface area is 613 Å². The third-order valence-electron chi connectivity index (χ3n) is 17.9. The fourth-order valence-electron chi connectivity index (χ4n) is 13.6. The fraction of sp³-hybridized carbons (Fsp3) is 0.857. The minimum Gasteiger partial charge on any atom is -0.212 e. The van der Waals surface area contributed by atoms with Gasteiger partial charge < -0.3 is 0 Å². The van der Waals surface area contributed by atoms with Gasteiger partial charge in [-0.15, -0.1) is 0 Å². The molecule has 4 heterocycles. The molecule has 0 saturated heterocycles. The molecule has 0 spiro atoms. The summed E-state index contributed by atoms with van der Waals surface area (Å²) in [5.74, 6) is 0. The molecule has 8 fully saturated rings. The molecule has 4 aromatic heterocycles. The first-order valence-electron chi connectivity index (χ1n) is 30.7. The first-order valence-corrected chi connectivity index (χ1v) is 84.2. The number of halogens is 12. The van der Waals surface area contributed by atoms with E-state index in [1.54, 1.807) is 0 Å². The summed E-state index contributed by atoms with van der Waals surface area (Å²) in [5, 5.41) is 0. The number of rotatable bonds is 8. The molecule has 0 amide bonds. The Hall–Kier alpha value is 7.32. The number of hydrogen-bond donors (Lipinski definition) is 0. The minimum atomic E-state index is 0.530. The number of aromatic nitrogens is 8. The summed E-state index contributed by atoms with van der Waals surface area (Å²) < 4.78 is 20.6. The third kappa shape index (κ3) is 31.3. The van der Waals surface area contributed by atoms with Crippen LogP contribution in [0.3, 0.4) is 0 Å². The molecule has 8 aliphatic rings. The van der Waals surface area contributed by atoms with Gasteiger partial charge in [-0.3, -0.25) is 0 Å². The van der Waals surface area contributed by atoms with Crippen LogP contribution in [0, 0.1) is 0 Å². The molecule has 0 N–H and O–H groups in total.